The number of sulfone groups is 1. The maximum atomic E-state index is 13.1. The number of nitrogen functional groups attached to an aromatic ring is 1. The largest absolute Gasteiger partial charge is 0.488 e. The number of rotatable bonds is 3. The van der Waals surface area contributed by atoms with E-state index in [4.69, 9.17) is 10.5 Å². The van der Waals surface area contributed by atoms with Crippen molar-refractivity contribution in [3.63, 3.8) is 0 Å². The van der Waals surface area contributed by atoms with E-state index >= 15 is 0 Å². The van der Waals surface area contributed by atoms with Crippen LogP contribution < -0.4 is 10.5 Å². The molecule has 0 saturated heterocycles. The fourth-order valence-corrected chi connectivity index (χ4v) is 3.63. The van der Waals surface area contributed by atoms with Crippen LogP contribution in [-0.2, 0) is 9.84 Å². The molecule has 0 bridgehead atoms. The summed E-state index contributed by atoms with van der Waals surface area (Å²) in [6.45, 7) is -0.152. The lowest BCUT2D eigenvalue weighted by molar-refractivity contribution is 0.357. The topological polar surface area (TPSA) is 69.4 Å². The van der Waals surface area contributed by atoms with E-state index in [2.05, 4.69) is 0 Å². The number of benzene rings is 2. The third-order valence-electron chi connectivity index (χ3n) is 3.17. The van der Waals surface area contributed by atoms with Gasteiger partial charge in [0.05, 0.1) is 9.80 Å². The summed E-state index contributed by atoms with van der Waals surface area (Å²) in [7, 11) is -3.59. The average Bonchev–Trinajstić information content (AvgIpc) is 2.68. The van der Waals surface area contributed by atoms with Crippen LogP contribution in [0.15, 0.2) is 52.3 Å². The lowest BCUT2D eigenvalue weighted by Crippen LogP contribution is -2.09. The van der Waals surface area contributed by atoms with Crippen LogP contribution in [0.1, 0.15) is 5.56 Å². The van der Waals surface area contributed by atoms with Gasteiger partial charge in [0.1, 0.15) is 18.2 Å². The van der Waals surface area contributed by atoms with E-state index in [9.17, 15) is 12.8 Å². The van der Waals surface area contributed by atoms with Crippen molar-refractivity contribution in [2.75, 3.05) is 12.3 Å². The second-order valence-corrected chi connectivity index (χ2v) is 6.63. The number of hydrogen-bond acceptors (Lipinski definition) is 4. The van der Waals surface area contributed by atoms with Crippen LogP contribution in [0.25, 0.3) is 6.08 Å². The van der Waals surface area contributed by atoms with Gasteiger partial charge in [-0.05, 0) is 35.9 Å². The van der Waals surface area contributed by atoms with Crippen LogP contribution in [0.4, 0.5) is 10.1 Å². The first kappa shape index (κ1) is 13.6. The Morgan fingerprint density at radius 1 is 1.14 bits per heavy atom. The molecule has 0 fully saturated rings. The highest BCUT2D eigenvalue weighted by Crippen LogP contribution is 2.34. The van der Waals surface area contributed by atoms with Gasteiger partial charge in [-0.1, -0.05) is 12.1 Å². The van der Waals surface area contributed by atoms with Crippen molar-refractivity contribution in [2.24, 2.45) is 0 Å². The summed E-state index contributed by atoms with van der Waals surface area (Å²) in [4.78, 5) is 0.313. The highest BCUT2D eigenvalue weighted by Gasteiger charge is 2.30. The zero-order chi connectivity index (χ0) is 15.0. The molecule has 1 heterocycles. The first-order chi connectivity index (χ1) is 9.96. The summed E-state index contributed by atoms with van der Waals surface area (Å²) >= 11 is 0. The fourth-order valence-electron chi connectivity index (χ4n) is 2.13. The molecule has 4 nitrogen and oxygen atoms in total. The van der Waals surface area contributed by atoms with Gasteiger partial charge in [-0.3, -0.25) is 0 Å². The van der Waals surface area contributed by atoms with Gasteiger partial charge >= 0.3 is 0 Å². The van der Waals surface area contributed by atoms with Crippen LogP contribution in [-0.4, -0.2) is 15.0 Å². The van der Waals surface area contributed by atoms with Crippen molar-refractivity contribution < 1.29 is 17.5 Å². The zero-order valence-electron chi connectivity index (χ0n) is 10.9. The molecular weight excluding hydrogens is 293 g/mol. The summed E-state index contributed by atoms with van der Waals surface area (Å²) < 4.78 is 43.1. The minimum absolute atomic E-state index is 0.132. The Balaban J connectivity index is 1.85. The number of fused-ring (bicyclic) bond motifs is 1. The predicted molar refractivity (Wildman–Crippen MR) is 77.9 cm³/mol. The molecular formula is C15H12FNO3S. The van der Waals surface area contributed by atoms with Gasteiger partial charge in [-0.15, -0.1) is 0 Å². The number of hydrogen-bond donors (Lipinski definition) is 1. The highest BCUT2D eigenvalue weighted by molar-refractivity contribution is 7.95. The van der Waals surface area contributed by atoms with Crippen molar-refractivity contribution in [2.45, 2.75) is 4.90 Å². The van der Waals surface area contributed by atoms with Crippen molar-refractivity contribution in [3.8, 4) is 5.75 Å². The van der Waals surface area contributed by atoms with E-state index in [0.717, 1.165) is 0 Å². The van der Waals surface area contributed by atoms with Crippen LogP contribution in [0.5, 0.6) is 5.75 Å². The second kappa shape index (κ2) is 4.89. The molecule has 3 rings (SSSR count). The van der Waals surface area contributed by atoms with Gasteiger partial charge < -0.3 is 10.5 Å². The Bertz CT molecular complexity index is 844. The van der Waals surface area contributed by atoms with Crippen molar-refractivity contribution >= 4 is 21.6 Å². The van der Waals surface area contributed by atoms with Crippen LogP contribution in [0.3, 0.4) is 0 Å². The quantitative estimate of drug-likeness (QED) is 0.885. The SMILES string of the molecule is Nc1ccc2c(c1)S(=O)(=O)C(COc1cccc(F)c1)=C2. The average molecular weight is 305 g/mol. The van der Waals surface area contributed by atoms with E-state index in [-0.39, 0.29) is 22.2 Å². The molecule has 0 unspecified atom stereocenters. The van der Waals surface area contributed by atoms with Crippen LogP contribution >= 0.6 is 0 Å². The van der Waals surface area contributed by atoms with E-state index in [1.807, 2.05) is 0 Å². The van der Waals surface area contributed by atoms with Crippen LogP contribution in [0.2, 0.25) is 0 Å². The minimum Gasteiger partial charge on any atom is -0.488 e. The van der Waals surface area contributed by atoms with Gasteiger partial charge in [0.15, 0.2) is 0 Å². The summed E-state index contributed by atoms with van der Waals surface area (Å²) in [6.07, 6.45) is 1.55. The number of ether oxygens (including phenoxy) is 1. The molecule has 2 N–H and O–H groups in total. The molecule has 21 heavy (non-hydrogen) atoms. The Labute approximate surface area is 121 Å². The first-order valence-electron chi connectivity index (χ1n) is 6.20. The van der Waals surface area contributed by atoms with Crippen LogP contribution in [0, 0.1) is 5.82 Å². The summed E-state index contributed by atoms with van der Waals surface area (Å²) in [6, 6.07) is 10.3. The lowest BCUT2D eigenvalue weighted by Gasteiger charge is -2.07. The molecule has 1 aliphatic heterocycles. The maximum absolute atomic E-state index is 13.1. The molecule has 0 radical (unpaired) electrons. The number of anilines is 1. The summed E-state index contributed by atoms with van der Waals surface area (Å²) in [5.74, 6) is -0.159. The van der Waals surface area contributed by atoms with Gasteiger partial charge in [-0.25, -0.2) is 12.8 Å². The smallest absolute Gasteiger partial charge is 0.206 e. The lowest BCUT2D eigenvalue weighted by atomic mass is 10.2. The van der Waals surface area contributed by atoms with Crippen molar-refractivity contribution in [1.82, 2.24) is 0 Å². The molecule has 2 aromatic carbocycles. The zero-order valence-corrected chi connectivity index (χ0v) is 11.7. The van der Waals surface area contributed by atoms with E-state index in [1.165, 1.54) is 24.3 Å². The first-order valence-corrected chi connectivity index (χ1v) is 7.69. The molecule has 108 valence electrons. The Morgan fingerprint density at radius 3 is 2.71 bits per heavy atom. The molecule has 0 aliphatic carbocycles. The van der Waals surface area contributed by atoms with E-state index in [1.54, 1.807) is 24.3 Å². The molecule has 0 atom stereocenters. The van der Waals surface area contributed by atoms with E-state index < -0.39 is 15.7 Å². The van der Waals surface area contributed by atoms with Gasteiger partial charge in [0.2, 0.25) is 9.84 Å². The molecule has 0 aromatic heterocycles. The molecule has 0 amide bonds. The van der Waals surface area contributed by atoms with Crippen molar-refractivity contribution in [1.29, 1.82) is 0 Å². The van der Waals surface area contributed by atoms with Crippen molar-refractivity contribution in [3.05, 3.63) is 58.8 Å². The standard InChI is InChI=1S/C15H12FNO3S/c16-11-2-1-3-13(7-11)20-9-14-6-10-4-5-12(17)8-15(10)21(14,18)19/h1-8H,9,17H2. The Morgan fingerprint density at radius 2 is 1.95 bits per heavy atom. The Hall–Kier alpha value is -2.34. The third kappa shape index (κ3) is 2.50. The highest BCUT2D eigenvalue weighted by atomic mass is 32.2. The van der Waals surface area contributed by atoms with Gasteiger partial charge in [-0.2, -0.15) is 0 Å². The molecule has 6 heteroatoms. The third-order valence-corrected chi connectivity index (χ3v) is 5.02. The number of halogens is 1. The minimum atomic E-state index is -3.59. The molecule has 1 aliphatic rings. The summed E-state index contributed by atoms with van der Waals surface area (Å²) in [5, 5.41) is 0. The predicted octanol–water partition coefficient (Wildman–Crippen LogP) is 2.62. The van der Waals surface area contributed by atoms with Gasteiger partial charge in [0, 0.05) is 11.8 Å². The summed E-state index contributed by atoms with van der Waals surface area (Å²) in [5.41, 5.74) is 6.59. The van der Waals surface area contributed by atoms with E-state index in [0.29, 0.717) is 11.3 Å². The monoisotopic (exact) mass is 305 g/mol. The maximum Gasteiger partial charge on any atom is 0.206 e. The Kier molecular flexibility index (Phi) is 3.17. The molecule has 0 saturated carbocycles. The molecule has 0 spiro atoms. The molecule has 2 aromatic rings. The fraction of sp³-hybridized carbons (Fsp3) is 0.0667. The normalized spacial score (nSPS) is 15.4. The van der Waals surface area contributed by atoms with Gasteiger partial charge in [0.25, 0.3) is 0 Å². The second-order valence-electron chi connectivity index (χ2n) is 4.66. The number of nitrogens with two attached hydrogens (primary N) is 1.